The first-order valence-corrected chi connectivity index (χ1v) is 5.20. The molecule has 0 aromatic heterocycles. The van der Waals surface area contributed by atoms with Crippen LogP contribution in [0.5, 0.6) is 0 Å². The second kappa shape index (κ2) is 5.72. The van der Waals surface area contributed by atoms with E-state index < -0.39 is 17.6 Å². The Kier molecular flexibility index (Phi) is 4.57. The highest BCUT2D eigenvalue weighted by atomic mass is 19.1. The van der Waals surface area contributed by atoms with Crippen LogP contribution in [0.25, 0.3) is 0 Å². The Morgan fingerprint density at radius 1 is 1.35 bits per heavy atom. The number of carbonyl (C=O) groups is 1. The first-order chi connectivity index (χ1) is 7.93. The van der Waals surface area contributed by atoms with Gasteiger partial charge in [0.2, 0.25) is 5.91 Å². The van der Waals surface area contributed by atoms with Crippen molar-refractivity contribution in [1.29, 1.82) is 0 Å². The Labute approximate surface area is 98.9 Å². The van der Waals surface area contributed by atoms with Crippen LogP contribution < -0.4 is 0 Å². The quantitative estimate of drug-likeness (QED) is 0.758. The van der Waals surface area contributed by atoms with E-state index in [2.05, 4.69) is 0 Å². The molecule has 0 spiro atoms. The van der Waals surface area contributed by atoms with Gasteiger partial charge in [0.1, 0.15) is 11.6 Å². The summed E-state index contributed by atoms with van der Waals surface area (Å²) < 4.78 is 25.9. The second-order valence-electron chi connectivity index (χ2n) is 3.90. The minimum Gasteiger partial charge on any atom is -0.275 e. The number of nitrogens with zero attached hydrogens (tertiary/aromatic N) is 1. The smallest absolute Gasteiger partial charge is 0.248 e. The fourth-order valence-corrected chi connectivity index (χ4v) is 1.57. The lowest BCUT2D eigenvalue weighted by molar-refractivity contribution is -0.172. The molecule has 0 bridgehead atoms. The molecule has 0 aliphatic carbocycles. The van der Waals surface area contributed by atoms with Gasteiger partial charge in [0, 0.05) is 19.0 Å². The third-order valence-corrected chi connectivity index (χ3v) is 2.47. The maximum atomic E-state index is 12.9. The normalized spacial score (nSPS) is 12.3. The molecule has 1 aromatic rings. The van der Waals surface area contributed by atoms with Gasteiger partial charge in [-0.15, -0.1) is 0 Å². The summed E-state index contributed by atoms with van der Waals surface area (Å²) in [6.07, 6.45) is 0.265. The zero-order valence-corrected chi connectivity index (χ0v) is 10.0. The molecule has 1 amide bonds. The highest BCUT2D eigenvalue weighted by molar-refractivity contribution is 5.77. The SMILES string of the molecule is CON(C)C(=O)C(C)Cc1cc(F)cc(F)c1. The van der Waals surface area contributed by atoms with Gasteiger partial charge in [-0.05, 0) is 24.1 Å². The van der Waals surface area contributed by atoms with E-state index in [-0.39, 0.29) is 12.3 Å². The molecule has 5 heteroatoms. The van der Waals surface area contributed by atoms with E-state index in [4.69, 9.17) is 4.84 Å². The lowest BCUT2D eigenvalue weighted by Crippen LogP contribution is -2.31. The number of amides is 1. The molecular weight excluding hydrogens is 228 g/mol. The number of carbonyl (C=O) groups excluding carboxylic acids is 1. The topological polar surface area (TPSA) is 29.5 Å². The largest absolute Gasteiger partial charge is 0.275 e. The van der Waals surface area contributed by atoms with Crippen molar-refractivity contribution in [3.8, 4) is 0 Å². The maximum absolute atomic E-state index is 12.9. The molecule has 0 saturated heterocycles. The molecule has 0 saturated carbocycles. The van der Waals surface area contributed by atoms with Crippen LogP contribution in [-0.2, 0) is 16.1 Å². The van der Waals surface area contributed by atoms with Crippen molar-refractivity contribution in [2.75, 3.05) is 14.2 Å². The third-order valence-electron chi connectivity index (χ3n) is 2.47. The number of rotatable bonds is 4. The minimum atomic E-state index is -0.639. The molecule has 0 radical (unpaired) electrons. The number of hydrogen-bond donors (Lipinski definition) is 0. The predicted molar refractivity (Wildman–Crippen MR) is 59.0 cm³/mol. The molecule has 17 heavy (non-hydrogen) atoms. The molecule has 0 fully saturated rings. The second-order valence-corrected chi connectivity index (χ2v) is 3.90. The molecule has 0 aliphatic heterocycles. The first-order valence-electron chi connectivity index (χ1n) is 5.20. The Balaban J connectivity index is 2.74. The Bertz CT molecular complexity index is 389. The van der Waals surface area contributed by atoms with Gasteiger partial charge in [-0.25, -0.2) is 13.8 Å². The monoisotopic (exact) mass is 243 g/mol. The van der Waals surface area contributed by atoms with E-state index in [9.17, 15) is 13.6 Å². The summed E-state index contributed by atoms with van der Waals surface area (Å²) in [4.78, 5) is 16.4. The van der Waals surface area contributed by atoms with Crippen molar-refractivity contribution >= 4 is 5.91 Å². The Morgan fingerprint density at radius 2 is 1.88 bits per heavy atom. The molecule has 3 nitrogen and oxygen atoms in total. The molecular formula is C12H15F2NO2. The van der Waals surface area contributed by atoms with Crippen molar-refractivity contribution in [3.63, 3.8) is 0 Å². The standard InChI is InChI=1S/C12H15F2NO2/c1-8(12(16)15(2)17-3)4-9-5-10(13)7-11(14)6-9/h5-8H,4H2,1-3H3. The van der Waals surface area contributed by atoms with E-state index in [0.717, 1.165) is 11.1 Å². The van der Waals surface area contributed by atoms with Crippen LogP contribution in [0.1, 0.15) is 12.5 Å². The van der Waals surface area contributed by atoms with E-state index >= 15 is 0 Å². The zero-order valence-electron chi connectivity index (χ0n) is 10.0. The first kappa shape index (κ1) is 13.6. The summed E-state index contributed by atoms with van der Waals surface area (Å²) in [5.41, 5.74) is 0.452. The van der Waals surface area contributed by atoms with Gasteiger partial charge in [-0.1, -0.05) is 6.92 Å². The van der Waals surface area contributed by atoms with Crippen molar-refractivity contribution in [2.45, 2.75) is 13.3 Å². The summed E-state index contributed by atoms with van der Waals surface area (Å²) in [5, 5.41) is 1.10. The van der Waals surface area contributed by atoms with Crippen LogP contribution >= 0.6 is 0 Å². The predicted octanol–water partition coefficient (Wildman–Crippen LogP) is 2.16. The third kappa shape index (κ3) is 3.78. The van der Waals surface area contributed by atoms with Crippen molar-refractivity contribution < 1.29 is 18.4 Å². The molecule has 1 rings (SSSR count). The van der Waals surface area contributed by atoms with Gasteiger partial charge < -0.3 is 0 Å². The maximum Gasteiger partial charge on any atom is 0.248 e. The van der Waals surface area contributed by atoms with Gasteiger partial charge in [0.05, 0.1) is 7.11 Å². The highest BCUT2D eigenvalue weighted by Gasteiger charge is 2.18. The fraction of sp³-hybridized carbons (Fsp3) is 0.417. The molecule has 0 heterocycles. The van der Waals surface area contributed by atoms with E-state index in [1.807, 2.05) is 0 Å². The van der Waals surface area contributed by atoms with Crippen LogP contribution in [-0.4, -0.2) is 25.1 Å². The lowest BCUT2D eigenvalue weighted by atomic mass is 10.0. The van der Waals surface area contributed by atoms with Gasteiger partial charge in [-0.3, -0.25) is 9.63 Å². The zero-order chi connectivity index (χ0) is 13.0. The lowest BCUT2D eigenvalue weighted by Gasteiger charge is -2.18. The summed E-state index contributed by atoms with van der Waals surface area (Å²) in [5.74, 6) is -1.92. The van der Waals surface area contributed by atoms with Gasteiger partial charge in [-0.2, -0.15) is 0 Å². The molecule has 94 valence electrons. The molecule has 1 atom stereocenters. The van der Waals surface area contributed by atoms with Crippen molar-refractivity contribution in [2.24, 2.45) is 5.92 Å². The number of benzene rings is 1. The van der Waals surface area contributed by atoms with Gasteiger partial charge in [0.25, 0.3) is 0 Å². The summed E-state index contributed by atoms with van der Waals surface area (Å²) >= 11 is 0. The van der Waals surface area contributed by atoms with E-state index in [0.29, 0.717) is 5.56 Å². The molecule has 1 unspecified atom stereocenters. The van der Waals surface area contributed by atoms with Crippen molar-refractivity contribution in [1.82, 2.24) is 5.06 Å². The Hall–Kier alpha value is -1.49. The molecule has 0 N–H and O–H groups in total. The van der Waals surface area contributed by atoms with Gasteiger partial charge in [0.15, 0.2) is 0 Å². The average molecular weight is 243 g/mol. The summed E-state index contributed by atoms with van der Waals surface area (Å²) in [6, 6.07) is 3.25. The van der Waals surface area contributed by atoms with E-state index in [1.54, 1.807) is 6.92 Å². The van der Waals surface area contributed by atoms with Crippen LogP contribution in [0.4, 0.5) is 8.78 Å². The van der Waals surface area contributed by atoms with Crippen LogP contribution in [0.15, 0.2) is 18.2 Å². The minimum absolute atomic E-state index is 0.239. The Morgan fingerprint density at radius 3 is 2.35 bits per heavy atom. The fourth-order valence-electron chi connectivity index (χ4n) is 1.57. The summed E-state index contributed by atoms with van der Waals surface area (Å²) in [7, 11) is 2.87. The number of halogens is 2. The van der Waals surface area contributed by atoms with Crippen LogP contribution in [0, 0.1) is 17.6 Å². The van der Waals surface area contributed by atoms with Crippen LogP contribution in [0.2, 0.25) is 0 Å². The van der Waals surface area contributed by atoms with E-state index in [1.165, 1.54) is 26.3 Å². The highest BCUT2D eigenvalue weighted by Crippen LogP contribution is 2.14. The van der Waals surface area contributed by atoms with Gasteiger partial charge >= 0.3 is 0 Å². The number of hydrogen-bond acceptors (Lipinski definition) is 2. The summed E-state index contributed by atoms with van der Waals surface area (Å²) in [6.45, 7) is 1.68. The van der Waals surface area contributed by atoms with Crippen molar-refractivity contribution in [3.05, 3.63) is 35.4 Å². The molecule has 1 aromatic carbocycles. The average Bonchev–Trinajstić information content (AvgIpc) is 2.25. The van der Waals surface area contributed by atoms with Crippen LogP contribution in [0.3, 0.4) is 0 Å². The number of hydroxylamine groups is 2. The molecule has 0 aliphatic rings.